The van der Waals surface area contributed by atoms with Crippen molar-refractivity contribution in [2.75, 3.05) is 6.61 Å². The van der Waals surface area contributed by atoms with Gasteiger partial charge in [-0.25, -0.2) is 4.98 Å². The quantitative estimate of drug-likeness (QED) is 0.755. The van der Waals surface area contributed by atoms with Crippen molar-refractivity contribution in [1.82, 2.24) is 20.5 Å². The first kappa shape index (κ1) is 14.1. The summed E-state index contributed by atoms with van der Waals surface area (Å²) < 4.78 is 10.8. The second-order valence-corrected chi connectivity index (χ2v) is 4.77. The van der Waals surface area contributed by atoms with Gasteiger partial charge >= 0.3 is 0 Å². The van der Waals surface area contributed by atoms with Crippen LogP contribution in [0.5, 0.6) is 5.88 Å². The van der Waals surface area contributed by atoms with Gasteiger partial charge in [-0.2, -0.15) is 0 Å². The monoisotopic (exact) mass is 300 g/mol. The number of rotatable bonds is 5. The lowest BCUT2D eigenvalue weighted by Crippen LogP contribution is -2.27. The molecule has 7 heteroatoms. The molecular weight excluding hydrogens is 284 g/mol. The maximum absolute atomic E-state index is 12.2. The molecule has 114 valence electrons. The lowest BCUT2D eigenvalue weighted by atomic mass is 10.3. The van der Waals surface area contributed by atoms with E-state index < -0.39 is 0 Å². The highest BCUT2D eigenvalue weighted by Crippen LogP contribution is 2.20. The molecule has 3 aromatic rings. The molecule has 0 fully saturated rings. The summed E-state index contributed by atoms with van der Waals surface area (Å²) in [5.74, 6) is 0.550. The van der Waals surface area contributed by atoms with E-state index in [2.05, 4.69) is 20.5 Å². The maximum Gasteiger partial charge on any atom is 0.270 e. The zero-order valence-corrected chi connectivity index (χ0v) is 12.3. The molecule has 1 amide bonds. The van der Waals surface area contributed by atoms with Crippen LogP contribution in [-0.2, 0) is 0 Å². The van der Waals surface area contributed by atoms with E-state index in [1.54, 1.807) is 6.07 Å². The third kappa shape index (κ3) is 2.78. The summed E-state index contributed by atoms with van der Waals surface area (Å²) in [5.41, 5.74) is 1.78. The van der Waals surface area contributed by atoms with Crippen molar-refractivity contribution in [3.05, 3.63) is 41.9 Å². The van der Waals surface area contributed by atoms with Crippen LogP contribution < -0.4 is 10.1 Å². The Kier molecular flexibility index (Phi) is 3.78. The van der Waals surface area contributed by atoms with Crippen molar-refractivity contribution in [3.63, 3.8) is 0 Å². The Morgan fingerprint density at radius 1 is 1.45 bits per heavy atom. The van der Waals surface area contributed by atoms with E-state index >= 15 is 0 Å². The van der Waals surface area contributed by atoms with Gasteiger partial charge in [0.2, 0.25) is 11.8 Å². The van der Waals surface area contributed by atoms with Gasteiger partial charge in [-0.05, 0) is 26.0 Å². The number of H-pyrrole nitrogens is 1. The number of benzene rings is 1. The van der Waals surface area contributed by atoms with Gasteiger partial charge < -0.3 is 14.5 Å². The number of aromatic nitrogens is 3. The number of nitrogens with zero attached hydrogens (tertiary/aromatic N) is 2. The van der Waals surface area contributed by atoms with Gasteiger partial charge in [0, 0.05) is 6.07 Å². The van der Waals surface area contributed by atoms with Crippen LogP contribution >= 0.6 is 0 Å². The zero-order valence-electron chi connectivity index (χ0n) is 12.3. The van der Waals surface area contributed by atoms with E-state index in [-0.39, 0.29) is 11.9 Å². The standard InChI is InChI=1S/C15H16N4O3/c1-3-21-13-8-11(18-19-13)14(20)16-9(2)15-17-10-6-4-5-7-12(10)22-15/h4-9H,3H2,1-2H3,(H,16,20)(H,18,19). The predicted molar refractivity (Wildman–Crippen MR) is 79.6 cm³/mol. The summed E-state index contributed by atoms with van der Waals surface area (Å²) in [7, 11) is 0. The Bertz CT molecular complexity index is 760. The van der Waals surface area contributed by atoms with Crippen molar-refractivity contribution < 1.29 is 13.9 Å². The van der Waals surface area contributed by atoms with Crippen LogP contribution in [0.2, 0.25) is 0 Å². The number of hydrogen-bond donors (Lipinski definition) is 2. The number of oxazole rings is 1. The van der Waals surface area contributed by atoms with E-state index in [0.29, 0.717) is 29.7 Å². The lowest BCUT2D eigenvalue weighted by molar-refractivity contribution is 0.0929. The number of hydrogen-bond acceptors (Lipinski definition) is 5. The topological polar surface area (TPSA) is 93.0 Å². The van der Waals surface area contributed by atoms with Crippen LogP contribution in [-0.4, -0.2) is 27.7 Å². The van der Waals surface area contributed by atoms with E-state index in [9.17, 15) is 4.79 Å². The number of amides is 1. The second-order valence-electron chi connectivity index (χ2n) is 4.77. The van der Waals surface area contributed by atoms with Crippen LogP contribution in [0.3, 0.4) is 0 Å². The first-order valence-corrected chi connectivity index (χ1v) is 7.02. The average Bonchev–Trinajstić information content (AvgIpc) is 3.13. The van der Waals surface area contributed by atoms with Crippen molar-refractivity contribution >= 4 is 17.0 Å². The Balaban J connectivity index is 1.72. The Morgan fingerprint density at radius 3 is 3.05 bits per heavy atom. The highest BCUT2D eigenvalue weighted by Gasteiger charge is 2.18. The number of aromatic amines is 1. The fraction of sp³-hybridized carbons (Fsp3) is 0.267. The van der Waals surface area contributed by atoms with Gasteiger partial charge in [0.05, 0.1) is 6.61 Å². The summed E-state index contributed by atoms with van der Waals surface area (Å²) in [4.78, 5) is 16.5. The van der Waals surface area contributed by atoms with Gasteiger partial charge in [0.1, 0.15) is 17.3 Å². The van der Waals surface area contributed by atoms with Gasteiger partial charge in [-0.1, -0.05) is 12.1 Å². The molecule has 1 atom stereocenters. The van der Waals surface area contributed by atoms with Crippen LogP contribution in [0.15, 0.2) is 34.7 Å². The highest BCUT2D eigenvalue weighted by atomic mass is 16.5. The van der Waals surface area contributed by atoms with E-state index in [1.165, 1.54) is 0 Å². The van der Waals surface area contributed by atoms with Crippen LogP contribution in [0, 0.1) is 0 Å². The largest absolute Gasteiger partial charge is 0.477 e. The second kappa shape index (κ2) is 5.88. The molecule has 0 spiro atoms. The van der Waals surface area contributed by atoms with Gasteiger partial charge in [-0.15, -0.1) is 5.10 Å². The van der Waals surface area contributed by atoms with Crippen molar-refractivity contribution in [3.8, 4) is 5.88 Å². The van der Waals surface area contributed by atoms with Gasteiger partial charge in [0.15, 0.2) is 5.58 Å². The van der Waals surface area contributed by atoms with E-state index in [1.807, 2.05) is 38.1 Å². The Morgan fingerprint density at radius 2 is 2.27 bits per heavy atom. The van der Waals surface area contributed by atoms with Crippen molar-refractivity contribution in [2.45, 2.75) is 19.9 Å². The molecule has 1 unspecified atom stereocenters. The highest BCUT2D eigenvalue weighted by molar-refractivity contribution is 5.92. The number of ether oxygens (including phenoxy) is 1. The minimum atomic E-state index is -0.362. The smallest absolute Gasteiger partial charge is 0.270 e. The van der Waals surface area contributed by atoms with E-state index in [4.69, 9.17) is 9.15 Å². The molecule has 0 aliphatic carbocycles. The molecule has 1 aromatic carbocycles. The summed E-state index contributed by atoms with van der Waals surface area (Å²) in [6.07, 6.45) is 0. The van der Waals surface area contributed by atoms with Crippen LogP contribution in [0.25, 0.3) is 11.1 Å². The molecule has 0 aliphatic heterocycles. The summed E-state index contributed by atoms with van der Waals surface area (Å²) in [5, 5.41) is 9.34. The number of carbonyl (C=O) groups is 1. The molecular formula is C15H16N4O3. The first-order chi connectivity index (χ1) is 10.7. The lowest BCUT2D eigenvalue weighted by Gasteiger charge is -2.08. The minimum Gasteiger partial charge on any atom is -0.477 e. The molecule has 0 saturated carbocycles. The fourth-order valence-corrected chi connectivity index (χ4v) is 2.05. The molecule has 2 aromatic heterocycles. The Hall–Kier alpha value is -2.83. The number of fused-ring (bicyclic) bond motifs is 1. The average molecular weight is 300 g/mol. The number of para-hydroxylation sites is 2. The van der Waals surface area contributed by atoms with E-state index in [0.717, 1.165) is 5.52 Å². The molecule has 0 radical (unpaired) electrons. The third-order valence-electron chi connectivity index (χ3n) is 3.12. The molecule has 7 nitrogen and oxygen atoms in total. The molecule has 22 heavy (non-hydrogen) atoms. The van der Waals surface area contributed by atoms with Crippen molar-refractivity contribution in [1.29, 1.82) is 0 Å². The molecule has 2 heterocycles. The summed E-state index contributed by atoms with van der Waals surface area (Å²) in [6, 6.07) is 8.65. The normalized spacial score (nSPS) is 12.3. The number of carbonyl (C=O) groups excluding carboxylic acids is 1. The summed E-state index contributed by atoms with van der Waals surface area (Å²) in [6.45, 7) is 4.15. The van der Waals surface area contributed by atoms with Gasteiger partial charge in [-0.3, -0.25) is 9.89 Å². The SMILES string of the molecule is CCOc1cc(C(=O)NC(C)c2nc3ccccc3o2)[nH]n1. The zero-order chi connectivity index (χ0) is 15.5. The number of nitrogens with one attached hydrogen (secondary N) is 2. The van der Waals surface area contributed by atoms with Crippen LogP contribution in [0.4, 0.5) is 0 Å². The summed E-state index contributed by atoms with van der Waals surface area (Å²) >= 11 is 0. The minimum absolute atomic E-state index is 0.298. The molecule has 0 saturated heterocycles. The molecule has 0 aliphatic rings. The maximum atomic E-state index is 12.2. The van der Waals surface area contributed by atoms with Gasteiger partial charge in [0.25, 0.3) is 5.91 Å². The molecule has 3 rings (SSSR count). The fourth-order valence-electron chi connectivity index (χ4n) is 2.05. The predicted octanol–water partition coefficient (Wildman–Crippen LogP) is 2.44. The van der Waals surface area contributed by atoms with Crippen molar-refractivity contribution in [2.24, 2.45) is 0 Å². The third-order valence-corrected chi connectivity index (χ3v) is 3.12. The Labute approximate surface area is 126 Å². The van der Waals surface area contributed by atoms with Crippen LogP contribution in [0.1, 0.15) is 36.3 Å². The molecule has 0 bridgehead atoms. The first-order valence-electron chi connectivity index (χ1n) is 7.02. The molecule has 2 N–H and O–H groups in total.